The minimum absolute atomic E-state index is 0.00231. The van der Waals surface area contributed by atoms with E-state index in [0.717, 1.165) is 39.0 Å². The van der Waals surface area contributed by atoms with E-state index in [4.69, 9.17) is 14.2 Å². The van der Waals surface area contributed by atoms with Crippen LogP contribution in [-0.2, 0) is 0 Å². The Hall–Kier alpha value is -5.31. The van der Waals surface area contributed by atoms with Crippen molar-refractivity contribution >= 4 is 11.5 Å². The van der Waals surface area contributed by atoms with Crippen LogP contribution in [0.5, 0.6) is 5.75 Å². The Morgan fingerprint density at radius 2 is 1.35 bits per heavy atom. The molecule has 6 rings (SSSR count). The molecule has 0 atom stereocenters. The highest BCUT2D eigenvalue weighted by molar-refractivity contribution is 7.05. The second-order valence-corrected chi connectivity index (χ2v) is 11.5. The first-order chi connectivity index (χ1) is 22.4. The predicted molar refractivity (Wildman–Crippen MR) is 182 cm³/mol. The van der Waals surface area contributed by atoms with Crippen molar-refractivity contribution in [3.8, 4) is 5.75 Å². The number of rotatable bonds is 0. The van der Waals surface area contributed by atoms with Gasteiger partial charge in [0.15, 0.2) is 17.4 Å². The number of pyridine rings is 1. The number of phenolic OH excluding ortho intramolecular Hbond substituents is 1. The molecular weight excluding hydrogens is 646 g/mol. The van der Waals surface area contributed by atoms with Crippen molar-refractivity contribution in [3.05, 3.63) is 141 Å². The van der Waals surface area contributed by atoms with Gasteiger partial charge in [-0.1, -0.05) is 34.0 Å². The fraction of sp³-hybridized carbons (Fsp3) is 0.303. The minimum atomic E-state index is -0.697. The summed E-state index contributed by atoms with van der Waals surface area (Å²) in [5.41, 5.74) is 4.65. The summed E-state index contributed by atoms with van der Waals surface area (Å²) in [7, 11) is 0. The Morgan fingerprint density at radius 1 is 0.729 bits per heavy atom. The standard InChI is InChI=1S/C8H9FO.C6H6FNO.C6H9NO.C5H7NO.C4H6N2O.C4H5NOS/c1-5-3-4-6(2)8(10)7(5)9;1-4-2-3-8-6(9)5(4)7;1-4-5(2)7-8-6(4)3;1-4-3-5(2)7-6-4;1-3-2-4(7)6-5-3;1-3-2-4(6)5-7-3/h3-4,10H,1-2H3;2-3H,1H3,(H,8,9);1-3H3;3H,1-2H3;2H,1H3,(H2,5,6,7);2H,1H3,(H,5,6). The van der Waals surface area contributed by atoms with E-state index >= 15 is 0 Å². The van der Waals surface area contributed by atoms with Crippen LogP contribution in [-0.4, -0.2) is 35.0 Å². The molecule has 5 heterocycles. The maximum absolute atomic E-state index is 12.7. The van der Waals surface area contributed by atoms with Crippen molar-refractivity contribution in [1.29, 1.82) is 0 Å². The number of aromatic nitrogens is 6. The van der Waals surface area contributed by atoms with Crippen molar-refractivity contribution in [2.75, 3.05) is 0 Å². The van der Waals surface area contributed by atoms with E-state index in [9.17, 15) is 23.2 Å². The highest BCUT2D eigenvalue weighted by Crippen LogP contribution is 2.22. The van der Waals surface area contributed by atoms with E-state index in [1.54, 1.807) is 39.0 Å². The average molecular weight is 689 g/mol. The topological polar surface area (TPSA) is 187 Å². The number of aryl methyl sites for hydroxylation is 9. The van der Waals surface area contributed by atoms with Crippen molar-refractivity contribution in [1.82, 2.24) is 29.9 Å². The minimum Gasteiger partial charge on any atom is -0.505 e. The highest BCUT2D eigenvalue weighted by atomic mass is 32.1. The van der Waals surface area contributed by atoms with Gasteiger partial charge in [0.25, 0.3) is 16.7 Å². The Bertz CT molecular complexity index is 1910. The molecule has 0 amide bonds. The van der Waals surface area contributed by atoms with Gasteiger partial charge in [-0.2, -0.15) is 0 Å². The van der Waals surface area contributed by atoms with E-state index < -0.39 is 17.2 Å². The molecule has 0 unspecified atom stereocenters. The number of phenols is 1. The normalized spacial score (nSPS) is 9.58. The van der Waals surface area contributed by atoms with Gasteiger partial charge >= 0.3 is 0 Å². The summed E-state index contributed by atoms with van der Waals surface area (Å²) in [5.74, 6) is 0.345. The molecule has 0 saturated heterocycles. The molecule has 0 radical (unpaired) electrons. The van der Waals surface area contributed by atoms with E-state index in [1.165, 1.54) is 29.9 Å². The van der Waals surface area contributed by atoms with Crippen molar-refractivity contribution in [2.24, 2.45) is 0 Å². The third kappa shape index (κ3) is 14.9. The third-order valence-electron chi connectivity index (χ3n) is 6.12. The summed E-state index contributed by atoms with van der Waals surface area (Å²) in [6.07, 6.45) is 1.42. The van der Waals surface area contributed by atoms with Crippen molar-refractivity contribution in [2.45, 2.75) is 69.2 Å². The quantitative estimate of drug-likeness (QED) is 0.118. The number of hydrogen-bond donors (Lipinski definition) is 5. The SMILES string of the molecule is Cc1cc(=O)[nH][nH]1.Cc1cc(=O)[nH]s1.Cc1cc(C)on1.Cc1cc[nH]c(=O)c1F.Cc1ccc(C)c(F)c1O.Cc1noc(C)c1C. The summed E-state index contributed by atoms with van der Waals surface area (Å²) in [5, 5.41) is 21.4. The second kappa shape index (κ2) is 20.0. The molecule has 0 aliphatic rings. The van der Waals surface area contributed by atoms with E-state index in [-0.39, 0.29) is 16.9 Å². The zero-order valence-corrected chi connectivity index (χ0v) is 29.4. The predicted octanol–water partition coefficient (Wildman–Crippen LogP) is 6.62. The third-order valence-corrected chi connectivity index (χ3v) is 6.86. The summed E-state index contributed by atoms with van der Waals surface area (Å²) in [6.45, 7) is 18.2. The first-order valence-corrected chi connectivity index (χ1v) is 15.2. The smallest absolute Gasteiger partial charge is 0.284 e. The maximum Gasteiger partial charge on any atom is 0.284 e. The summed E-state index contributed by atoms with van der Waals surface area (Å²) in [4.78, 5) is 34.1. The van der Waals surface area contributed by atoms with Crippen LogP contribution in [0.4, 0.5) is 8.78 Å². The average Bonchev–Trinajstić information content (AvgIpc) is 3.81. The molecule has 1 aromatic carbocycles. The van der Waals surface area contributed by atoms with Crippen LogP contribution >= 0.6 is 11.5 Å². The van der Waals surface area contributed by atoms with Crippen LogP contribution in [0, 0.1) is 80.9 Å². The molecule has 48 heavy (non-hydrogen) atoms. The molecule has 0 saturated carbocycles. The molecule has 0 aliphatic carbocycles. The summed E-state index contributed by atoms with van der Waals surface area (Å²) in [6, 6.07) is 9.81. The molecular formula is C33H42F2N6O6S. The van der Waals surface area contributed by atoms with Gasteiger partial charge in [-0.3, -0.25) is 23.9 Å². The molecule has 0 bridgehead atoms. The molecule has 6 aromatic rings. The van der Waals surface area contributed by atoms with E-state index in [1.807, 2.05) is 54.5 Å². The Labute approximate surface area is 280 Å². The number of nitrogens with one attached hydrogen (secondary N) is 4. The largest absolute Gasteiger partial charge is 0.505 e. The van der Waals surface area contributed by atoms with Gasteiger partial charge in [0.2, 0.25) is 0 Å². The number of hydrogen-bond acceptors (Lipinski definition) is 9. The monoisotopic (exact) mass is 688 g/mol. The zero-order valence-electron chi connectivity index (χ0n) is 28.6. The fourth-order valence-electron chi connectivity index (χ4n) is 3.14. The maximum atomic E-state index is 12.7. The molecule has 5 N–H and O–H groups in total. The van der Waals surface area contributed by atoms with Gasteiger partial charge in [0.1, 0.15) is 11.5 Å². The number of benzene rings is 1. The van der Waals surface area contributed by atoms with Crippen LogP contribution < -0.4 is 16.7 Å². The number of nitrogens with zero attached hydrogens (tertiary/aromatic N) is 2. The molecule has 12 nitrogen and oxygen atoms in total. The lowest BCUT2D eigenvalue weighted by atomic mass is 10.1. The van der Waals surface area contributed by atoms with Gasteiger partial charge in [-0.05, 0) is 92.0 Å². The molecule has 15 heteroatoms. The molecule has 0 fully saturated rings. The zero-order chi connectivity index (χ0) is 36.6. The number of halogens is 2. The van der Waals surface area contributed by atoms with E-state index in [0.29, 0.717) is 16.7 Å². The Morgan fingerprint density at radius 3 is 1.62 bits per heavy atom. The van der Waals surface area contributed by atoms with Crippen LogP contribution in [0.15, 0.2) is 66.0 Å². The lowest BCUT2D eigenvalue weighted by Gasteiger charge is -2.01. The van der Waals surface area contributed by atoms with Gasteiger partial charge < -0.3 is 24.2 Å². The lowest BCUT2D eigenvalue weighted by molar-refractivity contribution is 0.392. The molecule has 0 aliphatic heterocycles. The molecule has 5 aromatic heterocycles. The van der Waals surface area contributed by atoms with Gasteiger partial charge in [-0.25, -0.2) is 8.78 Å². The van der Waals surface area contributed by atoms with Crippen LogP contribution in [0.1, 0.15) is 55.7 Å². The first-order valence-electron chi connectivity index (χ1n) is 14.4. The Kier molecular flexibility index (Phi) is 17.0. The van der Waals surface area contributed by atoms with Crippen LogP contribution in [0.3, 0.4) is 0 Å². The van der Waals surface area contributed by atoms with Gasteiger partial charge in [0.05, 0.1) is 11.4 Å². The number of H-pyrrole nitrogens is 4. The number of aromatic hydroxyl groups is 1. The fourth-order valence-corrected chi connectivity index (χ4v) is 3.63. The summed E-state index contributed by atoms with van der Waals surface area (Å²) < 4.78 is 37.2. The second-order valence-electron chi connectivity index (χ2n) is 10.5. The van der Waals surface area contributed by atoms with Crippen LogP contribution in [0.25, 0.3) is 0 Å². The first kappa shape index (κ1) is 40.7. The lowest BCUT2D eigenvalue weighted by Crippen LogP contribution is -2.10. The molecule has 0 spiro atoms. The Balaban J connectivity index is 0.000000289. The van der Waals surface area contributed by atoms with E-state index in [2.05, 4.69) is 29.9 Å². The van der Waals surface area contributed by atoms with Crippen molar-refractivity contribution < 1.29 is 22.9 Å². The highest BCUT2D eigenvalue weighted by Gasteiger charge is 2.05. The van der Waals surface area contributed by atoms with Gasteiger partial charge in [0, 0.05) is 40.5 Å². The molecule has 260 valence electrons. The van der Waals surface area contributed by atoms with Crippen molar-refractivity contribution in [3.63, 3.8) is 0 Å². The van der Waals surface area contributed by atoms with Gasteiger partial charge in [-0.15, -0.1) is 0 Å². The summed E-state index contributed by atoms with van der Waals surface area (Å²) >= 11 is 1.37. The number of aromatic amines is 4. The van der Waals surface area contributed by atoms with Crippen LogP contribution in [0.2, 0.25) is 0 Å².